The molecule has 4 amide bonds. The van der Waals surface area contributed by atoms with Crippen molar-refractivity contribution in [1.82, 2.24) is 19.8 Å². The molecule has 2 saturated heterocycles. The van der Waals surface area contributed by atoms with Crippen molar-refractivity contribution in [3.63, 3.8) is 0 Å². The predicted octanol–water partition coefficient (Wildman–Crippen LogP) is 3.05. The van der Waals surface area contributed by atoms with Gasteiger partial charge in [-0.2, -0.15) is 0 Å². The summed E-state index contributed by atoms with van der Waals surface area (Å²) in [5.41, 5.74) is 0.674. The Hall–Kier alpha value is -4.23. The van der Waals surface area contributed by atoms with Crippen molar-refractivity contribution in [2.45, 2.75) is 32.2 Å². The molecule has 2 fully saturated rings. The Bertz CT molecular complexity index is 1690. The van der Waals surface area contributed by atoms with Crippen LogP contribution in [-0.2, 0) is 19.2 Å². The minimum Gasteiger partial charge on any atom is -0.325 e. The van der Waals surface area contributed by atoms with Crippen molar-refractivity contribution in [2.24, 2.45) is 0 Å². The number of thioether (sulfide) groups is 1. The first-order valence-corrected chi connectivity index (χ1v) is 13.5. The summed E-state index contributed by atoms with van der Waals surface area (Å²) in [6.07, 6.45) is 1.76. The molecule has 40 heavy (non-hydrogen) atoms. The number of thiocarbonyl (C=S) groups is 1. The number of anilines is 1. The summed E-state index contributed by atoms with van der Waals surface area (Å²) < 4.78 is 14.7. The number of amides is 4. The second-order valence-electron chi connectivity index (χ2n) is 9.18. The highest BCUT2D eigenvalue weighted by molar-refractivity contribution is 8.26. The van der Waals surface area contributed by atoms with Crippen molar-refractivity contribution in [1.29, 1.82) is 0 Å². The topological polar surface area (TPSA) is 130 Å². The molecule has 0 bridgehead atoms. The van der Waals surface area contributed by atoms with Crippen molar-refractivity contribution in [3.8, 4) is 0 Å². The van der Waals surface area contributed by atoms with Gasteiger partial charge >= 0.3 is 0 Å². The molecule has 10 nitrogen and oxygen atoms in total. The van der Waals surface area contributed by atoms with Crippen molar-refractivity contribution < 1.29 is 23.6 Å². The number of benzene rings is 2. The third kappa shape index (κ3) is 5.42. The number of nitrogens with one attached hydrogen (secondary N) is 2. The van der Waals surface area contributed by atoms with Gasteiger partial charge in [0, 0.05) is 19.4 Å². The first kappa shape index (κ1) is 27.3. The van der Waals surface area contributed by atoms with E-state index in [1.165, 1.54) is 21.6 Å². The van der Waals surface area contributed by atoms with Gasteiger partial charge in [-0.3, -0.25) is 38.8 Å². The number of carbonyl (C=O) groups excluding carboxylic acids is 4. The van der Waals surface area contributed by atoms with Crippen LogP contribution in [-0.4, -0.2) is 48.9 Å². The van der Waals surface area contributed by atoms with Gasteiger partial charge in [-0.25, -0.2) is 9.37 Å². The van der Waals surface area contributed by atoms with Crippen LogP contribution in [0.15, 0.2) is 52.2 Å². The van der Waals surface area contributed by atoms with Crippen molar-refractivity contribution in [3.05, 3.63) is 74.9 Å². The van der Waals surface area contributed by atoms with E-state index in [1.54, 1.807) is 43.3 Å². The molecular weight excluding hydrogens is 557 g/mol. The zero-order chi connectivity index (χ0) is 28.6. The fourth-order valence-electron chi connectivity index (χ4n) is 4.58. The molecule has 13 heteroatoms. The third-order valence-electron chi connectivity index (χ3n) is 6.51. The molecule has 0 aliphatic carbocycles. The molecule has 1 atom stereocenters. The molecule has 2 aliphatic rings. The Morgan fingerprint density at radius 1 is 1.20 bits per heavy atom. The Balaban J connectivity index is 1.33. The van der Waals surface area contributed by atoms with Gasteiger partial charge in [0.2, 0.25) is 17.7 Å². The maximum Gasteiger partial charge on any atom is 0.266 e. The smallest absolute Gasteiger partial charge is 0.266 e. The number of carbonyl (C=O) groups is 4. The lowest BCUT2D eigenvalue weighted by Crippen LogP contribution is -2.45. The van der Waals surface area contributed by atoms with Crippen LogP contribution in [0.25, 0.3) is 17.0 Å². The SMILES string of the molecule is Cc1nc2cccc(NC(=O)CCN3C(=O)C(=Cc4ccc(F)cc4)SC3=S)c2c(=O)n1C1CCC(=O)NC1=O. The Labute approximate surface area is 236 Å². The van der Waals surface area contributed by atoms with E-state index in [0.29, 0.717) is 26.1 Å². The highest BCUT2D eigenvalue weighted by Crippen LogP contribution is 2.33. The lowest BCUT2D eigenvalue weighted by molar-refractivity contribution is -0.136. The molecular formula is C27H22FN5O5S2. The standard InChI is InChI=1S/C27H22FN5O5S2/c1-14-29-17-3-2-4-18(23(17)26(38)33(14)19-9-10-21(34)31-24(19)36)30-22(35)11-12-32-25(37)20(40-27(32)39)13-15-5-7-16(28)8-6-15/h2-8,13,19H,9-12H2,1H3,(H,30,35)(H,31,34,36). The molecule has 2 aliphatic heterocycles. The molecule has 2 N–H and O–H groups in total. The molecule has 5 rings (SSSR count). The van der Waals surface area contributed by atoms with Crippen molar-refractivity contribution >= 4 is 74.6 Å². The Morgan fingerprint density at radius 2 is 1.95 bits per heavy atom. The molecule has 1 aromatic heterocycles. The number of hydrogen-bond donors (Lipinski definition) is 2. The molecule has 3 aromatic rings. The summed E-state index contributed by atoms with van der Waals surface area (Å²) in [5.74, 6) is -1.89. The van der Waals surface area contributed by atoms with Crippen LogP contribution in [0.1, 0.15) is 36.7 Å². The molecule has 0 radical (unpaired) electrons. The van der Waals surface area contributed by atoms with E-state index in [-0.39, 0.29) is 48.6 Å². The summed E-state index contributed by atoms with van der Waals surface area (Å²) in [6, 6.07) is 9.60. The van der Waals surface area contributed by atoms with Crippen LogP contribution in [0.5, 0.6) is 0 Å². The number of piperidine rings is 1. The fraction of sp³-hybridized carbons (Fsp3) is 0.222. The summed E-state index contributed by atoms with van der Waals surface area (Å²) in [6.45, 7) is 1.61. The van der Waals surface area contributed by atoms with Crippen LogP contribution in [0.4, 0.5) is 10.1 Å². The van der Waals surface area contributed by atoms with Gasteiger partial charge in [-0.1, -0.05) is 42.2 Å². The van der Waals surface area contributed by atoms with Gasteiger partial charge in [-0.05, 0) is 49.2 Å². The fourth-order valence-corrected chi connectivity index (χ4v) is 5.89. The van der Waals surface area contributed by atoms with Crippen LogP contribution in [0.2, 0.25) is 0 Å². The van der Waals surface area contributed by atoms with Crippen LogP contribution in [0.3, 0.4) is 0 Å². The van der Waals surface area contributed by atoms with Crippen LogP contribution >= 0.6 is 24.0 Å². The second-order valence-corrected chi connectivity index (χ2v) is 10.9. The summed E-state index contributed by atoms with van der Waals surface area (Å²) >= 11 is 6.42. The van der Waals surface area contributed by atoms with Gasteiger partial charge < -0.3 is 5.32 Å². The number of aryl methyl sites for hydroxylation is 1. The average molecular weight is 580 g/mol. The molecule has 1 unspecified atom stereocenters. The minimum absolute atomic E-state index is 0.0138. The lowest BCUT2D eigenvalue weighted by atomic mass is 10.1. The highest BCUT2D eigenvalue weighted by atomic mass is 32.2. The van der Waals surface area contributed by atoms with Gasteiger partial charge in [0.05, 0.1) is 21.5 Å². The van der Waals surface area contributed by atoms with E-state index in [1.807, 2.05) is 0 Å². The van der Waals surface area contributed by atoms with E-state index < -0.39 is 29.3 Å². The quantitative estimate of drug-likeness (QED) is 0.259. The first-order valence-electron chi connectivity index (χ1n) is 12.3. The molecule has 2 aromatic carbocycles. The maximum absolute atomic E-state index is 13.5. The Kier molecular flexibility index (Phi) is 7.59. The van der Waals surface area contributed by atoms with Gasteiger partial charge in [0.1, 0.15) is 22.0 Å². The zero-order valence-electron chi connectivity index (χ0n) is 21.1. The molecule has 0 saturated carbocycles. The number of fused-ring (bicyclic) bond motifs is 1. The number of halogens is 1. The van der Waals surface area contributed by atoms with Gasteiger partial charge in [0.15, 0.2) is 0 Å². The number of aromatic nitrogens is 2. The summed E-state index contributed by atoms with van der Waals surface area (Å²) in [5, 5.41) is 5.09. The highest BCUT2D eigenvalue weighted by Gasteiger charge is 2.33. The third-order valence-corrected chi connectivity index (χ3v) is 7.88. The number of hydrogen-bond acceptors (Lipinski definition) is 8. The van der Waals surface area contributed by atoms with Crippen LogP contribution in [0, 0.1) is 12.7 Å². The molecule has 0 spiro atoms. The van der Waals surface area contributed by atoms with Crippen LogP contribution < -0.4 is 16.2 Å². The van der Waals surface area contributed by atoms with Gasteiger partial charge in [0.25, 0.3) is 11.5 Å². The normalized spacial score (nSPS) is 18.5. The first-order chi connectivity index (χ1) is 19.1. The van der Waals surface area contributed by atoms with E-state index in [9.17, 15) is 28.4 Å². The van der Waals surface area contributed by atoms with E-state index in [2.05, 4.69) is 15.6 Å². The number of rotatable bonds is 6. The molecule has 3 heterocycles. The predicted molar refractivity (Wildman–Crippen MR) is 152 cm³/mol. The maximum atomic E-state index is 13.5. The van der Waals surface area contributed by atoms with Gasteiger partial charge in [-0.15, -0.1) is 0 Å². The average Bonchev–Trinajstić information content (AvgIpc) is 3.16. The van der Waals surface area contributed by atoms with E-state index >= 15 is 0 Å². The van der Waals surface area contributed by atoms with E-state index in [4.69, 9.17) is 12.2 Å². The Morgan fingerprint density at radius 3 is 2.67 bits per heavy atom. The largest absolute Gasteiger partial charge is 0.325 e. The number of imide groups is 1. The molecule has 204 valence electrons. The summed E-state index contributed by atoms with van der Waals surface area (Å²) in [4.78, 5) is 69.5. The second kappa shape index (κ2) is 11.1. The lowest BCUT2D eigenvalue weighted by Gasteiger charge is -2.24. The zero-order valence-corrected chi connectivity index (χ0v) is 22.7. The summed E-state index contributed by atoms with van der Waals surface area (Å²) in [7, 11) is 0. The monoisotopic (exact) mass is 579 g/mol. The van der Waals surface area contributed by atoms with E-state index in [0.717, 1.165) is 11.8 Å². The minimum atomic E-state index is -0.900. The van der Waals surface area contributed by atoms with Crippen molar-refractivity contribution in [2.75, 3.05) is 11.9 Å². The number of nitrogens with zero attached hydrogens (tertiary/aromatic N) is 3.